The van der Waals surface area contributed by atoms with Crippen LogP contribution in [-0.2, 0) is 10.5 Å². The fourth-order valence-electron chi connectivity index (χ4n) is 2.40. The average Bonchev–Trinajstić information content (AvgIpc) is 2.65. The van der Waals surface area contributed by atoms with Crippen molar-refractivity contribution in [3.05, 3.63) is 22.7 Å². The van der Waals surface area contributed by atoms with Gasteiger partial charge in [-0.2, -0.15) is 4.98 Å². The summed E-state index contributed by atoms with van der Waals surface area (Å²) in [6.07, 6.45) is -2.58. The van der Waals surface area contributed by atoms with Crippen molar-refractivity contribution in [1.82, 2.24) is 9.55 Å². The minimum atomic E-state index is -1.76. The third-order valence-corrected chi connectivity index (χ3v) is 3.40. The molecule has 1 aromatic heterocycles. The number of aliphatic hydroxyl groups is 3. The summed E-state index contributed by atoms with van der Waals surface area (Å²) in [5.41, 5.74) is 2.90. The highest BCUT2D eigenvalue weighted by atomic mass is 16.6. The number of hydrogen-bond donors (Lipinski definition) is 4. The Bertz CT molecular complexity index is 602. The summed E-state index contributed by atoms with van der Waals surface area (Å²) in [6, 6.07) is 1.35. The summed E-state index contributed by atoms with van der Waals surface area (Å²) in [5, 5.41) is 30.0. The van der Waals surface area contributed by atoms with Crippen molar-refractivity contribution in [2.75, 3.05) is 12.8 Å². The fraction of sp³-hybridized carbons (Fsp3) is 0.583. The van der Waals surface area contributed by atoms with E-state index in [2.05, 4.69) is 9.98 Å². The van der Waals surface area contributed by atoms with Gasteiger partial charge in [-0.15, -0.1) is 0 Å². The van der Waals surface area contributed by atoms with Crippen molar-refractivity contribution in [3.63, 3.8) is 0 Å². The summed E-state index contributed by atoms with van der Waals surface area (Å²) in [5.74, 6) is 0.0138. The predicted molar refractivity (Wildman–Crippen MR) is 73.9 cm³/mol. The zero-order chi connectivity index (χ0) is 15.8. The molecule has 9 nitrogen and oxygen atoms in total. The first-order valence-electron chi connectivity index (χ1n) is 6.34. The molecule has 2 rings (SSSR count). The van der Waals surface area contributed by atoms with Gasteiger partial charge in [-0.05, 0) is 13.0 Å². The van der Waals surface area contributed by atoms with Gasteiger partial charge in [-0.25, -0.2) is 4.79 Å². The molecule has 1 saturated heterocycles. The topological polar surface area (TPSA) is 143 Å². The third-order valence-electron chi connectivity index (χ3n) is 3.40. The molecular weight excluding hydrogens is 280 g/mol. The van der Waals surface area contributed by atoms with E-state index in [1.165, 1.54) is 32.4 Å². The first kappa shape index (κ1) is 15.6. The Hall–Kier alpha value is -1.81. The highest BCUT2D eigenvalue weighted by Gasteiger charge is 2.56. The van der Waals surface area contributed by atoms with Gasteiger partial charge in [0.25, 0.3) is 0 Å². The van der Waals surface area contributed by atoms with Crippen LogP contribution in [0.1, 0.15) is 6.92 Å². The minimum absolute atomic E-state index is 0.0138. The molecule has 1 aliphatic heterocycles. The van der Waals surface area contributed by atoms with Gasteiger partial charge in [0.05, 0.1) is 12.3 Å². The Morgan fingerprint density at radius 2 is 2.29 bits per heavy atom. The maximum absolute atomic E-state index is 12.0. The first-order chi connectivity index (χ1) is 9.83. The number of nitrogens with two attached hydrogens (primary N) is 1. The van der Waals surface area contributed by atoms with Crippen LogP contribution in [0.15, 0.2) is 22.1 Å². The zero-order valence-electron chi connectivity index (χ0n) is 11.6. The summed E-state index contributed by atoms with van der Waals surface area (Å²) in [7, 11) is 1.43. The van der Waals surface area contributed by atoms with Crippen LogP contribution in [0.3, 0.4) is 0 Å². The number of anilines is 1. The lowest BCUT2D eigenvalue weighted by Gasteiger charge is -2.30. The van der Waals surface area contributed by atoms with E-state index in [-0.39, 0.29) is 5.82 Å². The summed E-state index contributed by atoms with van der Waals surface area (Å²) in [6.45, 7) is 1.41. The number of nitrogens with zero attached hydrogens (tertiary/aromatic N) is 3. The van der Waals surface area contributed by atoms with E-state index < -0.39 is 35.8 Å². The molecule has 1 fully saturated rings. The zero-order valence-corrected chi connectivity index (χ0v) is 11.6. The second-order valence-corrected chi connectivity index (χ2v) is 4.90. The van der Waals surface area contributed by atoms with Gasteiger partial charge < -0.3 is 25.8 Å². The Balaban J connectivity index is 2.59. The monoisotopic (exact) mass is 298 g/mol. The van der Waals surface area contributed by atoms with Gasteiger partial charge in [0.1, 0.15) is 24.1 Å². The van der Waals surface area contributed by atoms with Crippen LogP contribution in [-0.4, -0.2) is 62.5 Å². The summed E-state index contributed by atoms with van der Waals surface area (Å²) < 4.78 is 6.54. The molecule has 1 aliphatic rings. The quantitative estimate of drug-likeness (QED) is 0.459. The van der Waals surface area contributed by atoms with Crippen LogP contribution in [0, 0.1) is 0 Å². The van der Waals surface area contributed by atoms with E-state index in [1.807, 2.05) is 0 Å². The average molecular weight is 298 g/mol. The largest absolute Gasteiger partial charge is 0.391 e. The molecule has 0 amide bonds. The highest BCUT2D eigenvalue weighted by Crippen LogP contribution is 2.35. The van der Waals surface area contributed by atoms with Crippen LogP contribution in [0.2, 0.25) is 0 Å². The van der Waals surface area contributed by atoms with Gasteiger partial charge in [0.15, 0.2) is 0 Å². The lowest BCUT2D eigenvalue weighted by atomic mass is 10.0. The second-order valence-electron chi connectivity index (χ2n) is 4.90. The normalized spacial score (nSPS) is 34.4. The second kappa shape index (κ2) is 5.53. The van der Waals surface area contributed by atoms with Crippen molar-refractivity contribution in [1.29, 1.82) is 0 Å². The number of ether oxygens (including phenoxy) is 1. The predicted octanol–water partition coefficient (Wildman–Crippen LogP) is -2.32. The van der Waals surface area contributed by atoms with E-state index in [1.54, 1.807) is 0 Å². The molecule has 9 heteroatoms. The molecule has 0 aromatic carbocycles. The lowest BCUT2D eigenvalue weighted by Crippen LogP contribution is -2.51. The van der Waals surface area contributed by atoms with Crippen molar-refractivity contribution in [2.24, 2.45) is 4.99 Å². The van der Waals surface area contributed by atoms with Gasteiger partial charge in [0.2, 0.25) is 5.72 Å². The van der Waals surface area contributed by atoms with Gasteiger partial charge >= 0.3 is 5.69 Å². The molecule has 21 heavy (non-hydrogen) atoms. The molecule has 0 bridgehead atoms. The molecule has 5 atom stereocenters. The minimum Gasteiger partial charge on any atom is -0.391 e. The van der Waals surface area contributed by atoms with E-state index >= 15 is 0 Å². The van der Waals surface area contributed by atoms with Crippen LogP contribution >= 0.6 is 0 Å². The number of hydrogen-bond acceptors (Lipinski definition) is 8. The van der Waals surface area contributed by atoms with Gasteiger partial charge in [-0.3, -0.25) is 9.56 Å². The van der Waals surface area contributed by atoms with Crippen LogP contribution < -0.4 is 11.4 Å². The fourth-order valence-corrected chi connectivity index (χ4v) is 2.40. The number of aliphatic imine (C=N–C) groups is 1. The van der Waals surface area contributed by atoms with E-state index in [0.717, 1.165) is 4.57 Å². The van der Waals surface area contributed by atoms with Gasteiger partial charge in [-0.1, -0.05) is 0 Å². The SMILES string of the molecule is CN=CC1(n2ccc(N)nc2=O)OC(C(C)O)C(O)C1O. The molecule has 0 saturated carbocycles. The molecule has 2 heterocycles. The molecule has 0 radical (unpaired) electrons. The van der Waals surface area contributed by atoms with Crippen molar-refractivity contribution in [3.8, 4) is 0 Å². The van der Waals surface area contributed by atoms with Crippen LogP contribution in [0.25, 0.3) is 0 Å². The summed E-state index contributed by atoms with van der Waals surface area (Å²) >= 11 is 0. The highest BCUT2D eigenvalue weighted by molar-refractivity contribution is 5.68. The van der Waals surface area contributed by atoms with Gasteiger partial charge in [0, 0.05) is 13.2 Å². The van der Waals surface area contributed by atoms with Crippen LogP contribution in [0.4, 0.5) is 5.82 Å². The first-order valence-corrected chi connectivity index (χ1v) is 6.34. The maximum atomic E-state index is 12.0. The molecule has 5 unspecified atom stereocenters. The molecule has 0 spiro atoms. The Morgan fingerprint density at radius 3 is 2.76 bits per heavy atom. The number of aliphatic hydroxyl groups excluding tert-OH is 3. The van der Waals surface area contributed by atoms with E-state index in [0.29, 0.717) is 0 Å². The molecule has 116 valence electrons. The van der Waals surface area contributed by atoms with E-state index in [9.17, 15) is 20.1 Å². The van der Waals surface area contributed by atoms with Crippen LogP contribution in [0.5, 0.6) is 0 Å². The molecular formula is C12H18N4O5. The lowest BCUT2D eigenvalue weighted by molar-refractivity contribution is -0.113. The molecule has 1 aromatic rings. The van der Waals surface area contributed by atoms with Crippen molar-refractivity contribution < 1.29 is 20.1 Å². The number of aromatic nitrogens is 2. The number of nitrogen functional groups attached to an aromatic ring is 1. The third kappa shape index (κ3) is 2.44. The smallest absolute Gasteiger partial charge is 0.352 e. The maximum Gasteiger partial charge on any atom is 0.352 e. The molecule has 5 N–H and O–H groups in total. The standard InChI is InChI=1S/C12H18N4O5/c1-6(17)9-8(18)10(19)12(21-9,5-14-2)16-4-3-7(13)15-11(16)20/h3-6,8-10,17-19H,1-2H3,(H2,13,15,20). The number of rotatable bonds is 3. The Labute approximate surface area is 120 Å². The Kier molecular flexibility index (Phi) is 4.10. The Morgan fingerprint density at radius 1 is 1.62 bits per heavy atom. The molecule has 0 aliphatic carbocycles. The summed E-state index contributed by atoms with van der Waals surface area (Å²) in [4.78, 5) is 19.4. The van der Waals surface area contributed by atoms with Crippen molar-refractivity contribution in [2.45, 2.75) is 37.1 Å². The van der Waals surface area contributed by atoms with E-state index in [4.69, 9.17) is 10.5 Å². The van der Waals surface area contributed by atoms with Crippen molar-refractivity contribution >= 4 is 12.0 Å².